The van der Waals surface area contributed by atoms with Crippen molar-refractivity contribution in [1.29, 1.82) is 0 Å². The lowest BCUT2D eigenvalue weighted by Gasteiger charge is -2.21. The van der Waals surface area contributed by atoms with E-state index in [1.54, 1.807) is 24.2 Å². The van der Waals surface area contributed by atoms with Crippen LogP contribution >= 0.6 is 0 Å². The fraction of sp³-hybridized carbons (Fsp3) is 0.500. The SMILES string of the molecule is CC(O)CN1C=CC=NN1. The first-order valence-corrected chi connectivity index (χ1v) is 3.19. The standard InChI is InChI=1S/C6H11N3O/c1-6(10)5-9-4-2-3-7-8-9/h2-4,6,8,10H,5H2,1H3. The molecule has 0 aliphatic carbocycles. The summed E-state index contributed by atoms with van der Waals surface area (Å²) in [6, 6.07) is 0. The maximum atomic E-state index is 8.94. The van der Waals surface area contributed by atoms with Gasteiger partial charge in [-0.05, 0) is 13.0 Å². The van der Waals surface area contributed by atoms with Crippen molar-refractivity contribution in [2.24, 2.45) is 5.10 Å². The van der Waals surface area contributed by atoms with Crippen molar-refractivity contribution in [2.75, 3.05) is 6.54 Å². The fourth-order valence-corrected chi connectivity index (χ4v) is 0.713. The number of hydrogen-bond acceptors (Lipinski definition) is 4. The van der Waals surface area contributed by atoms with Gasteiger partial charge in [-0.25, -0.2) is 5.53 Å². The number of hydrazine groups is 1. The van der Waals surface area contributed by atoms with Crippen LogP contribution in [0.4, 0.5) is 0 Å². The highest BCUT2D eigenvalue weighted by molar-refractivity contribution is 5.70. The number of hydrazone groups is 1. The molecule has 0 radical (unpaired) electrons. The predicted octanol–water partition coefficient (Wildman–Crippen LogP) is -0.313. The molecule has 0 aromatic heterocycles. The van der Waals surface area contributed by atoms with Crippen LogP contribution in [0.5, 0.6) is 0 Å². The lowest BCUT2D eigenvalue weighted by Crippen LogP contribution is -2.36. The summed E-state index contributed by atoms with van der Waals surface area (Å²) in [5.74, 6) is 0. The Hall–Kier alpha value is -1.03. The highest BCUT2D eigenvalue weighted by Crippen LogP contribution is 1.91. The number of nitrogens with zero attached hydrogens (tertiary/aromatic N) is 2. The van der Waals surface area contributed by atoms with E-state index in [0.29, 0.717) is 6.54 Å². The van der Waals surface area contributed by atoms with Gasteiger partial charge in [-0.15, -0.1) is 0 Å². The summed E-state index contributed by atoms with van der Waals surface area (Å²) in [5, 5.41) is 14.4. The third kappa shape index (κ3) is 2.06. The number of allylic oxidation sites excluding steroid dienone is 1. The first-order chi connectivity index (χ1) is 4.79. The zero-order valence-electron chi connectivity index (χ0n) is 5.86. The normalized spacial score (nSPS) is 18.8. The second-order valence-corrected chi connectivity index (χ2v) is 2.22. The Morgan fingerprint density at radius 3 is 3.10 bits per heavy atom. The van der Waals surface area contributed by atoms with E-state index in [4.69, 9.17) is 5.11 Å². The molecule has 1 rings (SSSR count). The topological polar surface area (TPSA) is 47.9 Å². The average Bonchev–Trinajstić information content (AvgIpc) is 1.88. The van der Waals surface area contributed by atoms with Gasteiger partial charge in [-0.3, -0.25) is 5.01 Å². The number of aliphatic hydroxyl groups is 1. The molecular weight excluding hydrogens is 130 g/mol. The van der Waals surface area contributed by atoms with E-state index in [0.717, 1.165) is 0 Å². The van der Waals surface area contributed by atoms with E-state index in [-0.39, 0.29) is 6.10 Å². The first kappa shape index (κ1) is 7.08. The summed E-state index contributed by atoms with van der Waals surface area (Å²) in [4.78, 5) is 0. The van der Waals surface area contributed by atoms with Gasteiger partial charge in [0.05, 0.1) is 18.9 Å². The summed E-state index contributed by atoms with van der Waals surface area (Å²) in [6.07, 6.45) is 4.93. The van der Waals surface area contributed by atoms with Gasteiger partial charge in [0.25, 0.3) is 0 Å². The van der Waals surface area contributed by atoms with Crippen molar-refractivity contribution in [1.82, 2.24) is 10.5 Å². The highest BCUT2D eigenvalue weighted by atomic mass is 16.3. The van der Waals surface area contributed by atoms with Crippen LogP contribution in [0.15, 0.2) is 17.4 Å². The monoisotopic (exact) mass is 141 g/mol. The molecule has 1 aliphatic rings. The number of nitrogens with one attached hydrogen (secondary N) is 1. The lowest BCUT2D eigenvalue weighted by atomic mass is 10.4. The Morgan fingerprint density at radius 1 is 1.80 bits per heavy atom. The van der Waals surface area contributed by atoms with E-state index >= 15 is 0 Å². The molecule has 0 saturated heterocycles. The fourth-order valence-electron chi connectivity index (χ4n) is 0.713. The molecule has 0 bridgehead atoms. The van der Waals surface area contributed by atoms with Crippen LogP contribution in [0, 0.1) is 0 Å². The second kappa shape index (κ2) is 3.22. The largest absolute Gasteiger partial charge is 0.391 e. The molecule has 4 heteroatoms. The van der Waals surface area contributed by atoms with Crippen molar-refractivity contribution in [3.8, 4) is 0 Å². The van der Waals surface area contributed by atoms with Crippen molar-refractivity contribution in [3.05, 3.63) is 12.3 Å². The van der Waals surface area contributed by atoms with Gasteiger partial charge >= 0.3 is 0 Å². The highest BCUT2D eigenvalue weighted by Gasteiger charge is 2.02. The smallest absolute Gasteiger partial charge is 0.0707 e. The van der Waals surface area contributed by atoms with Crippen LogP contribution < -0.4 is 5.53 Å². The molecule has 0 fully saturated rings. The maximum Gasteiger partial charge on any atom is 0.0707 e. The minimum absolute atomic E-state index is 0.342. The van der Waals surface area contributed by atoms with E-state index in [1.165, 1.54) is 0 Å². The minimum atomic E-state index is -0.342. The molecule has 4 nitrogen and oxygen atoms in total. The van der Waals surface area contributed by atoms with Crippen molar-refractivity contribution < 1.29 is 5.11 Å². The Labute approximate surface area is 59.8 Å². The summed E-state index contributed by atoms with van der Waals surface area (Å²) in [7, 11) is 0. The molecule has 0 aromatic carbocycles. The number of hydrogen-bond donors (Lipinski definition) is 2. The minimum Gasteiger partial charge on any atom is -0.391 e. The molecule has 1 heterocycles. The average molecular weight is 141 g/mol. The van der Waals surface area contributed by atoms with E-state index in [2.05, 4.69) is 10.6 Å². The molecule has 0 saturated carbocycles. The van der Waals surface area contributed by atoms with Crippen LogP contribution in [0.2, 0.25) is 0 Å². The van der Waals surface area contributed by atoms with Crippen LogP contribution in [0.3, 0.4) is 0 Å². The summed E-state index contributed by atoms with van der Waals surface area (Å²) < 4.78 is 0. The quantitative estimate of drug-likeness (QED) is 0.554. The van der Waals surface area contributed by atoms with Gasteiger partial charge in [0, 0.05) is 6.20 Å². The van der Waals surface area contributed by atoms with Crippen molar-refractivity contribution in [2.45, 2.75) is 13.0 Å². The summed E-state index contributed by atoms with van der Waals surface area (Å²) >= 11 is 0. The molecule has 1 atom stereocenters. The van der Waals surface area contributed by atoms with Gasteiger partial charge in [0.2, 0.25) is 0 Å². The van der Waals surface area contributed by atoms with Gasteiger partial charge in [0.1, 0.15) is 0 Å². The Balaban J connectivity index is 2.30. The number of rotatable bonds is 2. The molecule has 0 amide bonds. The van der Waals surface area contributed by atoms with Gasteiger partial charge in [-0.1, -0.05) is 0 Å². The molecule has 56 valence electrons. The zero-order valence-corrected chi connectivity index (χ0v) is 5.86. The molecule has 1 aliphatic heterocycles. The number of aliphatic hydroxyl groups excluding tert-OH is 1. The lowest BCUT2D eigenvalue weighted by molar-refractivity contribution is 0.126. The van der Waals surface area contributed by atoms with Crippen LogP contribution in [0.1, 0.15) is 6.92 Å². The maximum absolute atomic E-state index is 8.94. The van der Waals surface area contributed by atoms with Crippen molar-refractivity contribution >= 4 is 6.21 Å². The number of β-amino-alcohol motifs (C(OH)–C–C–N with tert-alkyl or cyclic N) is 1. The summed E-state index contributed by atoms with van der Waals surface area (Å²) in [6.45, 7) is 2.28. The Kier molecular flexibility index (Phi) is 2.28. The third-order valence-corrected chi connectivity index (χ3v) is 1.07. The van der Waals surface area contributed by atoms with E-state index < -0.39 is 0 Å². The third-order valence-electron chi connectivity index (χ3n) is 1.07. The molecule has 0 spiro atoms. The summed E-state index contributed by atoms with van der Waals surface area (Å²) in [5.41, 5.74) is 2.71. The molecule has 1 unspecified atom stereocenters. The van der Waals surface area contributed by atoms with Gasteiger partial charge in [-0.2, -0.15) is 5.10 Å². The molecule has 2 N–H and O–H groups in total. The van der Waals surface area contributed by atoms with E-state index in [9.17, 15) is 0 Å². The van der Waals surface area contributed by atoms with Crippen LogP contribution in [-0.2, 0) is 0 Å². The van der Waals surface area contributed by atoms with Crippen LogP contribution in [-0.4, -0.2) is 29.0 Å². The molecular formula is C6H11N3O. The zero-order chi connectivity index (χ0) is 7.40. The van der Waals surface area contributed by atoms with Crippen molar-refractivity contribution in [3.63, 3.8) is 0 Å². The predicted molar refractivity (Wildman–Crippen MR) is 39.2 cm³/mol. The molecule has 10 heavy (non-hydrogen) atoms. The Morgan fingerprint density at radius 2 is 2.60 bits per heavy atom. The van der Waals surface area contributed by atoms with Gasteiger partial charge in [0.15, 0.2) is 0 Å². The van der Waals surface area contributed by atoms with Crippen LogP contribution in [0.25, 0.3) is 0 Å². The molecule has 0 aromatic rings. The first-order valence-electron chi connectivity index (χ1n) is 3.19. The Bertz CT molecular complexity index is 153. The second-order valence-electron chi connectivity index (χ2n) is 2.22. The van der Waals surface area contributed by atoms with E-state index in [1.807, 2.05) is 6.20 Å². The van der Waals surface area contributed by atoms with Gasteiger partial charge < -0.3 is 5.11 Å².